The fraction of sp³-hybridized carbons (Fsp3) is 0.600. The minimum absolute atomic E-state index is 0.0597. The van der Waals surface area contributed by atoms with Gasteiger partial charge in [-0.1, -0.05) is 33.1 Å². The number of quaternary nitrogens is 1. The topological polar surface area (TPSA) is 195 Å². The van der Waals surface area contributed by atoms with E-state index in [-0.39, 0.29) is 31.5 Å². The Hall–Kier alpha value is -4.53. The van der Waals surface area contributed by atoms with Gasteiger partial charge in [-0.2, -0.15) is 8.42 Å². The number of carbonyl (C=O) groups is 3. The molecule has 2 aromatic heterocycles. The summed E-state index contributed by atoms with van der Waals surface area (Å²) < 4.78 is 70.9. The van der Waals surface area contributed by atoms with Gasteiger partial charge in [-0.05, 0) is 63.0 Å². The number of halogens is 2. The summed E-state index contributed by atoms with van der Waals surface area (Å²) in [4.78, 5) is 45.2. The normalized spacial score (nSPS) is 15.4. The molecule has 0 saturated carbocycles. The summed E-state index contributed by atoms with van der Waals surface area (Å²) in [5.41, 5.74) is 3.41. The van der Waals surface area contributed by atoms with Crippen LogP contribution in [0, 0.1) is 0 Å². The number of unbranched alkanes of at least 4 members (excludes halogenated alkanes) is 2. The van der Waals surface area contributed by atoms with Crippen molar-refractivity contribution in [1.29, 1.82) is 0 Å². The molecule has 4 heterocycles. The molecule has 0 aromatic carbocycles. The molecular weight excluding hydrogens is 803 g/mol. The minimum atomic E-state index is -4.70. The fourth-order valence-electron chi connectivity index (χ4n) is 7.65. The maximum atomic E-state index is 17.0. The summed E-state index contributed by atoms with van der Waals surface area (Å²) in [6, 6.07) is 2.65. The maximum Gasteiger partial charge on any atom is 0.737 e. The van der Waals surface area contributed by atoms with Crippen LogP contribution in [0.3, 0.4) is 0 Å². The van der Waals surface area contributed by atoms with Crippen LogP contribution in [0.25, 0.3) is 6.08 Å². The maximum absolute atomic E-state index is 17.0. The molecule has 0 radical (unpaired) electrons. The van der Waals surface area contributed by atoms with E-state index in [1.807, 2.05) is 30.9 Å². The number of nitrogens with one attached hydrogen (secondary N) is 2. The Bertz CT molecular complexity index is 2050. The molecule has 2 aromatic rings. The first kappa shape index (κ1) is 48.1. The van der Waals surface area contributed by atoms with Crippen molar-refractivity contribution in [3.63, 3.8) is 0 Å². The molecule has 20 heteroatoms. The number of aryl methyl sites for hydroxylation is 2. The molecule has 2 amide bonds. The van der Waals surface area contributed by atoms with Gasteiger partial charge in [-0.15, -0.1) is 4.73 Å². The largest absolute Gasteiger partial charge is 0.737 e. The van der Waals surface area contributed by atoms with Crippen molar-refractivity contribution < 1.29 is 60.0 Å². The molecule has 16 nitrogen and oxygen atoms in total. The number of aromatic hydroxyl groups is 2. The molecular formula is C40H63BF2N7O9S+. The third-order valence-corrected chi connectivity index (χ3v) is 11.3. The second kappa shape index (κ2) is 20.8. The van der Waals surface area contributed by atoms with Crippen LogP contribution in [-0.4, -0.2) is 143 Å². The highest BCUT2D eigenvalue weighted by Gasteiger charge is 2.54. The smallest absolute Gasteiger partial charge is 0.492 e. The molecule has 2 aliphatic rings. The highest BCUT2D eigenvalue weighted by molar-refractivity contribution is 7.85. The van der Waals surface area contributed by atoms with Crippen molar-refractivity contribution in [2.24, 2.45) is 0 Å². The van der Waals surface area contributed by atoms with Crippen LogP contribution in [-0.2, 0) is 37.3 Å². The first-order valence-electron chi connectivity index (χ1n) is 20.8. The summed E-state index contributed by atoms with van der Waals surface area (Å²) in [6.45, 7) is 1.52. The Balaban J connectivity index is 1.35. The minimum Gasteiger partial charge on any atom is -0.492 e. The van der Waals surface area contributed by atoms with Gasteiger partial charge in [0.15, 0.2) is 5.70 Å². The number of aromatic nitrogens is 2. The van der Waals surface area contributed by atoms with Gasteiger partial charge in [0, 0.05) is 74.3 Å². The van der Waals surface area contributed by atoms with Crippen molar-refractivity contribution >= 4 is 46.7 Å². The molecule has 60 heavy (non-hydrogen) atoms. The van der Waals surface area contributed by atoms with E-state index in [1.165, 1.54) is 16.6 Å². The van der Waals surface area contributed by atoms with Gasteiger partial charge in [0.25, 0.3) is 10.1 Å². The third-order valence-electron chi connectivity index (χ3n) is 10.5. The number of carbonyl (C=O) groups excluding carboxylic acids is 3. The van der Waals surface area contributed by atoms with Crippen LogP contribution < -0.4 is 15.5 Å². The standard InChI is InChI=1S/C40H62BF2N7O9S/c1-7-13-29-25-31(15-12-24-50(4,5)6)47-34(29)27-35-30(14-8-2)26-32(48(35)41(47,42)43)17-18-36(51)45-33(28-60(56,57)58)40(55)44-21-23-46(3)22-11-9-10-16-39(54)59-49-37(52)19-20-38(49)53/h19-20,25-27,33H,7-18,21-24,28H2,1-6H3,(H4-,44,45,51,52,53,55,56,57,58)/p+1. The fourth-order valence-corrected chi connectivity index (χ4v) is 8.30. The van der Waals surface area contributed by atoms with Crippen molar-refractivity contribution in [2.45, 2.75) is 96.9 Å². The summed E-state index contributed by atoms with van der Waals surface area (Å²) in [6.07, 6.45) is 9.01. The monoisotopic (exact) mass is 866 g/mol. The lowest BCUT2D eigenvalue weighted by molar-refractivity contribution is -0.870. The van der Waals surface area contributed by atoms with E-state index in [0.29, 0.717) is 77.9 Å². The van der Waals surface area contributed by atoms with E-state index in [1.54, 1.807) is 13.1 Å². The second-order valence-corrected chi connectivity index (χ2v) is 18.3. The predicted octanol–water partition coefficient (Wildman–Crippen LogP) is 3.48. The molecule has 0 fully saturated rings. The third kappa shape index (κ3) is 13.2. The van der Waals surface area contributed by atoms with Gasteiger partial charge >= 0.3 is 12.9 Å². The molecule has 0 spiro atoms. The van der Waals surface area contributed by atoms with Crippen LogP contribution in [0.15, 0.2) is 35.5 Å². The number of nitrogens with zero attached hydrogens (tertiary/aromatic N) is 5. The summed E-state index contributed by atoms with van der Waals surface area (Å²) >= 11 is 0. The van der Waals surface area contributed by atoms with Crippen molar-refractivity contribution in [2.75, 3.05) is 60.1 Å². The summed E-state index contributed by atoms with van der Waals surface area (Å²) in [5, 5.41) is 24.2. The molecule has 2 aliphatic heterocycles. The van der Waals surface area contributed by atoms with Gasteiger partial charge in [0.2, 0.25) is 23.6 Å². The molecule has 334 valence electrons. The van der Waals surface area contributed by atoms with Crippen LogP contribution in [0.2, 0.25) is 0 Å². The van der Waals surface area contributed by atoms with Crippen molar-refractivity contribution in [3.8, 4) is 11.8 Å². The number of hydrogen-bond acceptors (Lipinski definition) is 9. The quantitative estimate of drug-likeness (QED) is 0.0427. The zero-order chi connectivity index (χ0) is 44.4. The molecule has 0 saturated heterocycles. The molecule has 0 aliphatic carbocycles. The van der Waals surface area contributed by atoms with Crippen LogP contribution in [0.5, 0.6) is 11.8 Å². The van der Waals surface area contributed by atoms with E-state index in [4.69, 9.17) is 4.84 Å². The van der Waals surface area contributed by atoms with E-state index < -0.39 is 58.4 Å². The molecule has 1 atom stereocenters. The van der Waals surface area contributed by atoms with Gasteiger partial charge in [0.05, 0.1) is 27.7 Å². The second-order valence-electron chi connectivity index (χ2n) is 16.8. The van der Waals surface area contributed by atoms with E-state index in [2.05, 4.69) is 31.8 Å². The number of rotatable bonds is 25. The zero-order valence-corrected chi connectivity index (χ0v) is 36.6. The lowest BCUT2D eigenvalue weighted by atomic mass is 9.88. The predicted molar refractivity (Wildman–Crippen MR) is 225 cm³/mol. The molecule has 0 bridgehead atoms. The number of hydrogen-bond donors (Lipinski definition) is 5. The Kier molecular flexibility index (Phi) is 16.7. The first-order valence-corrected chi connectivity index (χ1v) is 22.4. The Morgan fingerprint density at radius 1 is 0.950 bits per heavy atom. The molecule has 4 rings (SSSR count). The highest BCUT2D eigenvalue weighted by Crippen LogP contribution is 2.39. The van der Waals surface area contributed by atoms with E-state index in [9.17, 15) is 37.6 Å². The molecule has 5 N–H and O–H groups in total. The molecule has 1 unspecified atom stereocenters. The van der Waals surface area contributed by atoms with Gasteiger partial charge in [0.1, 0.15) is 17.5 Å². The first-order chi connectivity index (χ1) is 28.1. The number of amides is 2. The van der Waals surface area contributed by atoms with Gasteiger partial charge in [-0.25, -0.2) is 4.79 Å². The van der Waals surface area contributed by atoms with Gasteiger partial charge < -0.3 is 52.7 Å². The Morgan fingerprint density at radius 3 is 2.27 bits per heavy atom. The summed E-state index contributed by atoms with van der Waals surface area (Å²) in [7, 11) is 3.30. The van der Waals surface area contributed by atoms with Crippen molar-refractivity contribution in [1.82, 2.24) is 24.7 Å². The summed E-state index contributed by atoms with van der Waals surface area (Å²) in [5.74, 6) is -4.08. The van der Waals surface area contributed by atoms with Crippen LogP contribution in [0.4, 0.5) is 8.63 Å². The SMILES string of the molecule is CCCC1=CC(CCC(=O)NC(CS(=O)(=O)O)C(=O)NCCN(C)CCCCCC(=O)On2c(O)ccc2O)=[N+]2C1=Cc1c(CCC)cc(CCC[N+](C)(C)C)n1[B-]2(F)F. The van der Waals surface area contributed by atoms with Crippen LogP contribution in [0.1, 0.15) is 95.0 Å². The Morgan fingerprint density at radius 2 is 1.63 bits per heavy atom. The van der Waals surface area contributed by atoms with Crippen LogP contribution >= 0.6 is 0 Å². The van der Waals surface area contributed by atoms with E-state index >= 15 is 8.63 Å². The lowest BCUT2D eigenvalue weighted by Gasteiger charge is -2.32. The lowest BCUT2D eigenvalue weighted by Crippen LogP contribution is -2.52. The highest BCUT2D eigenvalue weighted by atomic mass is 32.2. The average Bonchev–Trinajstić information content (AvgIpc) is 3.79. The number of allylic oxidation sites excluding steroid dienone is 2. The number of likely N-dealkylation sites (N-methyl/N-ethyl adjacent to an activating group) is 1. The average molecular weight is 867 g/mol. The van der Waals surface area contributed by atoms with Crippen molar-refractivity contribution in [3.05, 3.63) is 52.5 Å². The Labute approximate surface area is 351 Å². The van der Waals surface area contributed by atoms with Gasteiger partial charge in [-0.3, -0.25) is 14.1 Å². The number of fused-ring (bicyclic) bond motifs is 2. The zero-order valence-electron chi connectivity index (χ0n) is 35.8. The van der Waals surface area contributed by atoms with E-state index in [0.717, 1.165) is 41.4 Å².